The van der Waals surface area contributed by atoms with Crippen molar-refractivity contribution in [3.05, 3.63) is 89.2 Å². The molecule has 0 aliphatic rings. The van der Waals surface area contributed by atoms with Gasteiger partial charge in [-0.05, 0) is 23.8 Å². The molecule has 1 aromatic heterocycles. The number of carbonyl (C=O) groups is 1. The second-order valence-electron chi connectivity index (χ2n) is 6.14. The minimum atomic E-state index is -0.206. The van der Waals surface area contributed by atoms with E-state index in [4.69, 9.17) is 0 Å². The number of nitrogens with one attached hydrogen (secondary N) is 2. The number of amides is 1. The number of fused-ring (bicyclic) bond motifs is 1. The third kappa shape index (κ3) is 3.97. The first-order valence-corrected chi connectivity index (χ1v) is 9.75. The summed E-state index contributed by atoms with van der Waals surface area (Å²) >= 11 is 1.20. The van der Waals surface area contributed by atoms with Gasteiger partial charge in [0.05, 0.1) is 16.7 Å². The van der Waals surface area contributed by atoms with Crippen molar-refractivity contribution in [2.45, 2.75) is 5.16 Å². The summed E-state index contributed by atoms with van der Waals surface area (Å²) in [4.78, 5) is 31.7. The summed E-state index contributed by atoms with van der Waals surface area (Å²) < 4.78 is 0. The Labute approximate surface area is 165 Å². The minimum Gasteiger partial charge on any atom is -0.325 e. The Morgan fingerprint density at radius 1 is 0.929 bits per heavy atom. The second kappa shape index (κ2) is 8.10. The Hall–Kier alpha value is -3.38. The summed E-state index contributed by atoms with van der Waals surface area (Å²) in [6.07, 6.45) is 0. The largest absolute Gasteiger partial charge is 0.325 e. The Kier molecular flexibility index (Phi) is 5.21. The molecule has 1 heterocycles. The van der Waals surface area contributed by atoms with E-state index >= 15 is 0 Å². The molecule has 0 saturated heterocycles. The molecule has 0 fully saturated rings. The molecule has 3 aromatic carbocycles. The highest BCUT2D eigenvalue weighted by Crippen LogP contribution is 2.27. The Bertz CT molecular complexity index is 1190. The molecule has 138 valence electrons. The lowest BCUT2D eigenvalue weighted by Gasteiger charge is -2.11. The van der Waals surface area contributed by atoms with Crippen molar-refractivity contribution < 1.29 is 4.79 Å². The van der Waals surface area contributed by atoms with Crippen LogP contribution in [0.1, 0.15) is 0 Å². The third-order valence-corrected chi connectivity index (χ3v) is 5.09. The van der Waals surface area contributed by atoms with Crippen molar-refractivity contribution in [3.63, 3.8) is 0 Å². The maximum absolute atomic E-state index is 12.5. The van der Waals surface area contributed by atoms with Gasteiger partial charge in [0.15, 0.2) is 5.16 Å². The number of aromatic amines is 1. The number of aromatic nitrogens is 2. The van der Waals surface area contributed by atoms with E-state index in [9.17, 15) is 9.59 Å². The smallest absolute Gasteiger partial charge is 0.259 e. The topological polar surface area (TPSA) is 74.8 Å². The molecule has 2 N–H and O–H groups in total. The monoisotopic (exact) mass is 387 g/mol. The summed E-state index contributed by atoms with van der Waals surface area (Å²) in [7, 11) is 0. The number of rotatable bonds is 5. The van der Waals surface area contributed by atoms with E-state index < -0.39 is 0 Å². The van der Waals surface area contributed by atoms with E-state index in [-0.39, 0.29) is 17.2 Å². The summed E-state index contributed by atoms with van der Waals surface area (Å²) in [6, 6.07) is 24.7. The zero-order valence-electron chi connectivity index (χ0n) is 14.9. The molecule has 0 aliphatic heterocycles. The average Bonchev–Trinajstić information content (AvgIpc) is 2.73. The van der Waals surface area contributed by atoms with Crippen molar-refractivity contribution in [2.75, 3.05) is 11.1 Å². The molecule has 0 radical (unpaired) electrons. The van der Waals surface area contributed by atoms with Gasteiger partial charge >= 0.3 is 0 Å². The number of hydrogen-bond acceptors (Lipinski definition) is 4. The van der Waals surface area contributed by atoms with Gasteiger partial charge in [-0.2, -0.15) is 0 Å². The highest BCUT2D eigenvalue weighted by atomic mass is 32.2. The van der Waals surface area contributed by atoms with Crippen molar-refractivity contribution in [1.82, 2.24) is 9.97 Å². The van der Waals surface area contributed by atoms with Crippen molar-refractivity contribution in [3.8, 4) is 11.1 Å². The lowest BCUT2D eigenvalue weighted by molar-refractivity contribution is -0.113. The first-order chi connectivity index (χ1) is 13.7. The van der Waals surface area contributed by atoms with Gasteiger partial charge in [0.1, 0.15) is 0 Å². The number of anilines is 1. The predicted molar refractivity (Wildman–Crippen MR) is 114 cm³/mol. The molecule has 5 nitrogen and oxygen atoms in total. The van der Waals surface area contributed by atoms with Crippen LogP contribution in [0, 0.1) is 0 Å². The van der Waals surface area contributed by atoms with Gasteiger partial charge in [-0.15, -0.1) is 0 Å². The Balaban J connectivity index is 1.48. The molecular weight excluding hydrogens is 370 g/mol. The lowest BCUT2D eigenvalue weighted by atomic mass is 10.0. The molecule has 0 unspecified atom stereocenters. The number of para-hydroxylation sites is 2. The van der Waals surface area contributed by atoms with Crippen LogP contribution in [0.2, 0.25) is 0 Å². The number of hydrogen-bond donors (Lipinski definition) is 2. The maximum Gasteiger partial charge on any atom is 0.259 e. The van der Waals surface area contributed by atoms with E-state index in [2.05, 4.69) is 15.3 Å². The molecule has 1 amide bonds. The maximum atomic E-state index is 12.5. The van der Waals surface area contributed by atoms with Crippen LogP contribution < -0.4 is 10.9 Å². The van der Waals surface area contributed by atoms with Gasteiger partial charge in [-0.3, -0.25) is 9.59 Å². The van der Waals surface area contributed by atoms with Crippen LogP contribution in [0.15, 0.2) is 88.8 Å². The molecular formula is C22H17N3O2S. The number of carbonyl (C=O) groups excluding carboxylic acids is 1. The fraction of sp³-hybridized carbons (Fsp3) is 0.0455. The Morgan fingerprint density at radius 3 is 2.50 bits per heavy atom. The molecule has 0 bridgehead atoms. The number of benzene rings is 3. The Morgan fingerprint density at radius 2 is 1.64 bits per heavy atom. The van der Waals surface area contributed by atoms with Gasteiger partial charge in [-0.1, -0.05) is 72.4 Å². The zero-order chi connectivity index (χ0) is 19.3. The number of thioether (sulfide) groups is 1. The fourth-order valence-electron chi connectivity index (χ4n) is 2.92. The van der Waals surface area contributed by atoms with Gasteiger partial charge in [0.25, 0.3) is 5.56 Å². The normalized spacial score (nSPS) is 10.7. The van der Waals surface area contributed by atoms with Crippen LogP contribution in [0.3, 0.4) is 0 Å². The van der Waals surface area contributed by atoms with Gasteiger partial charge in [0, 0.05) is 11.3 Å². The summed E-state index contributed by atoms with van der Waals surface area (Å²) in [6.45, 7) is 0. The van der Waals surface area contributed by atoms with Crippen LogP contribution in [-0.2, 0) is 4.79 Å². The van der Waals surface area contributed by atoms with Crippen LogP contribution >= 0.6 is 11.8 Å². The molecule has 0 spiro atoms. The molecule has 28 heavy (non-hydrogen) atoms. The van der Waals surface area contributed by atoms with Crippen molar-refractivity contribution in [2.24, 2.45) is 0 Å². The highest BCUT2D eigenvalue weighted by Gasteiger charge is 2.10. The first-order valence-electron chi connectivity index (χ1n) is 8.77. The van der Waals surface area contributed by atoms with Gasteiger partial charge in [-0.25, -0.2) is 4.98 Å². The minimum absolute atomic E-state index is 0.143. The number of nitrogens with zero attached hydrogens (tertiary/aromatic N) is 1. The van der Waals surface area contributed by atoms with Crippen LogP contribution in [0.4, 0.5) is 5.69 Å². The molecule has 0 atom stereocenters. The zero-order valence-corrected chi connectivity index (χ0v) is 15.7. The van der Waals surface area contributed by atoms with E-state index in [1.54, 1.807) is 18.2 Å². The van der Waals surface area contributed by atoms with Gasteiger partial charge in [0.2, 0.25) is 5.91 Å². The molecule has 0 saturated carbocycles. The van der Waals surface area contributed by atoms with Crippen LogP contribution in [0.5, 0.6) is 0 Å². The summed E-state index contributed by atoms with van der Waals surface area (Å²) in [5.41, 5.74) is 3.15. The standard InChI is InChI=1S/C22H17N3O2S/c26-20(14-28-22-24-19-13-7-5-11-17(19)21(27)25-22)23-18-12-6-4-10-16(18)15-8-2-1-3-9-15/h1-13H,14H2,(H,23,26)(H,24,25,27). The fourth-order valence-corrected chi connectivity index (χ4v) is 3.58. The van der Waals surface area contributed by atoms with E-state index in [1.807, 2.05) is 60.7 Å². The van der Waals surface area contributed by atoms with E-state index in [1.165, 1.54) is 11.8 Å². The molecule has 4 rings (SSSR count). The first kappa shape index (κ1) is 18.0. The van der Waals surface area contributed by atoms with Crippen molar-refractivity contribution in [1.29, 1.82) is 0 Å². The SMILES string of the molecule is O=C(CSc1nc2ccccc2c(=O)[nH]1)Nc1ccccc1-c1ccccc1. The highest BCUT2D eigenvalue weighted by molar-refractivity contribution is 7.99. The quantitative estimate of drug-likeness (QED) is 0.395. The van der Waals surface area contributed by atoms with E-state index in [0.717, 1.165) is 16.8 Å². The van der Waals surface area contributed by atoms with Crippen LogP contribution in [0.25, 0.3) is 22.0 Å². The summed E-state index contributed by atoms with van der Waals surface area (Å²) in [5.74, 6) is -0.0195. The molecule has 0 aliphatic carbocycles. The van der Waals surface area contributed by atoms with Gasteiger partial charge < -0.3 is 10.3 Å². The predicted octanol–water partition coefficient (Wildman–Crippen LogP) is 4.32. The lowest BCUT2D eigenvalue weighted by Crippen LogP contribution is -2.16. The summed E-state index contributed by atoms with van der Waals surface area (Å²) in [5, 5.41) is 3.91. The molecule has 4 aromatic rings. The van der Waals surface area contributed by atoms with Crippen LogP contribution in [-0.4, -0.2) is 21.6 Å². The third-order valence-electron chi connectivity index (χ3n) is 4.22. The molecule has 6 heteroatoms. The van der Waals surface area contributed by atoms with E-state index in [0.29, 0.717) is 16.1 Å². The number of H-pyrrole nitrogens is 1. The average molecular weight is 387 g/mol. The van der Waals surface area contributed by atoms with Crippen molar-refractivity contribution >= 4 is 34.3 Å². The second-order valence-corrected chi connectivity index (χ2v) is 7.10.